The first-order chi connectivity index (χ1) is 5.39. The summed E-state index contributed by atoms with van der Waals surface area (Å²) in [4.78, 5) is 0. The van der Waals surface area contributed by atoms with Crippen LogP contribution in [0.25, 0.3) is 0 Å². The Morgan fingerprint density at radius 3 is 1.36 bits per heavy atom. The summed E-state index contributed by atoms with van der Waals surface area (Å²) in [5.41, 5.74) is 1.32. The molecule has 0 bridgehead atoms. The Labute approximate surface area is 80.8 Å². The first kappa shape index (κ1) is 13.5. The average Bonchev–Trinajstić information content (AvgIpc) is 2.13. The van der Waals surface area contributed by atoms with Crippen molar-refractivity contribution in [3.05, 3.63) is 35.9 Å². The molecule has 0 N–H and O–H groups in total. The first-order valence-electron chi connectivity index (χ1n) is 3.31. The molecule has 0 aliphatic heterocycles. The molecule has 64 valence electrons. The number of thiol groups is 2. The van der Waals surface area contributed by atoms with Gasteiger partial charge in [0.1, 0.15) is 0 Å². The van der Waals surface area contributed by atoms with E-state index < -0.39 is 0 Å². The average molecular weight is 188 g/mol. The Bertz CT molecular complexity index is 137. The van der Waals surface area contributed by atoms with Crippen LogP contribution in [0.15, 0.2) is 30.3 Å². The summed E-state index contributed by atoms with van der Waals surface area (Å²) in [5.74, 6) is 0. The maximum Gasteiger partial charge on any atom is -0.0215 e. The van der Waals surface area contributed by atoms with Crippen LogP contribution in [-0.4, -0.2) is 12.5 Å². The molecule has 1 aromatic carbocycles. The van der Waals surface area contributed by atoms with Crippen molar-refractivity contribution in [2.45, 2.75) is 6.92 Å². The standard InChI is InChI=1S/C7H8.2CH4S/c1-7-5-3-2-4-6-7;2*1-2/h2-6H,1H3;2*2H,1H3. The van der Waals surface area contributed by atoms with E-state index in [2.05, 4.69) is 44.3 Å². The number of rotatable bonds is 0. The molecule has 0 radical (unpaired) electrons. The normalized spacial score (nSPS) is 6.64. The summed E-state index contributed by atoms with van der Waals surface area (Å²) in [6.07, 6.45) is 3.39. The minimum Gasteiger partial charge on any atom is -0.183 e. The number of benzene rings is 1. The quantitative estimate of drug-likeness (QED) is 0.574. The van der Waals surface area contributed by atoms with E-state index in [0.717, 1.165) is 0 Å². The summed E-state index contributed by atoms with van der Waals surface area (Å²) >= 11 is 7.06. The second-order valence-corrected chi connectivity index (χ2v) is 1.65. The SMILES string of the molecule is CS.CS.Cc1ccccc1. The van der Waals surface area contributed by atoms with Gasteiger partial charge in [-0.25, -0.2) is 0 Å². The molecule has 0 aliphatic carbocycles. The summed E-state index contributed by atoms with van der Waals surface area (Å²) < 4.78 is 0. The molecule has 1 aromatic rings. The van der Waals surface area contributed by atoms with Crippen molar-refractivity contribution in [3.8, 4) is 0 Å². The maximum atomic E-state index is 3.53. The summed E-state index contributed by atoms with van der Waals surface area (Å²) in [6, 6.07) is 10.3. The lowest BCUT2D eigenvalue weighted by Crippen LogP contribution is -1.62. The largest absolute Gasteiger partial charge is 0.183 e. The monoisotopic (exact) mass is 188 g/mol. The van der Waals surface area contributed by atoms with E-state index >= 15 is 0 Å². The molecule has 0 aliphatic rings. The van der Waals surface area contributed by atoms with Crippen LogP contribution in [0.2, 0.25) is 0 Å². The lowest BCUT2D eigenvalue weighted by Gasteiger charge is -1.82. The number of hydrogen-bond acceptors (Lipinski definition) is 2. The van der Waals surface area contributed by atoms with E-state index in [1.165, 1.54) is 5.56 Å². The second kappa shape index (κ2) is 12.6. The van der Waals surface area contributed by atoms with E-state index in [1.807, 2.05) is 18.2 Å². The molecular weight excluding hydrogens is 172 g/mol. The van der Waals surface area contributed by atoms with Crippen LogP contribution in [0.4, 0.5) is 0 Å². The van der Waals surface area contributed by atoms with Crippen molar-refractivity contribution in [1.29, 1.82) is 0 Å². The van der Waals surface area contributed by atoms with E-state index in [9.17, 15) is 0 Å². The van der Waals surface area contributed by atoms with Gasteiger partial charge in [-0.3, -0.25) is 0 Å². The fourth-order valence-corrected chi connectivity index (χ4v) is 0.534. The zero-order valence-electron chi connectivity index (χ0n) is 7.28. The fraction of sp³-hybridized carbons (Fsp3) is 0.333. The Morgan fingerprint density at radius 1 is 0.818 bits per heavy atom. The third-order valence-electron chi connectivity index (χ3n) is 0.940. The van der Waals surface area contributed by atoms with Crippen molar-refractivity contribution >= 4 is 25.3 Å². The highest BCUT2D eigenvalue weighted by Crippen LogP contribution is 1.92. The van der Waals surface area contributed by atoms with Gasteiger partial charge in [0.05, 0.1) is 0 Å². The third-order valence-corrected chi connectivity index (χ3v) is 0.940. The Balaban J connectivity index is 0. The van der Waals surface area contributed by atoms with Gasteiger partial charge in [-0.05, 0) is 19.4 Å². The maximum absolute atomic E-state index is 3.53. The molecule has 0 unspecified atom stereocenters. The third kappa shape index (κ3) is 9.92. The Morgan fingerprint density at radius 2 is 1.18 bits per heavy atom. The van der Waals surface area contributed by atoms with Crippen molar-refractivity contribution in [3.63, 3.8) is 0 Å². The molecule has 0 saturated carbocycles. The molecule has 0 atom stereocenters. The fourth-order valence-electron chi connectivity index (χ4n) is 0.534. The van der Waals surface area contributed by atoms with Gasteiger partial charge >= 0.3 is 0 Å². The van der Waals surface area contributed by atoms with Gasteiger partial charge < -0.3 is 0 Å². The van der Waals surface area contributed by atoms with Crippen LogP contribution in [0, 0.1) is 6.92 Å². The Hall–Kier alpha value is -0.0800. The van der Waals surface area contributed by atoms with Crippen LogP contribution in [0.5, 0.6) is 0 Å². The Kier molecular flexibility index (Phi) is 15.4. The van der Waals surface area contributed by atoms with Crippen LogP contribution in [-0.2, 0) is 0 Å². The van der Waals surface area contributed by atoms with Crippen LogP contribution in [0.3, 0.4) is 0 Å². The van der Waals surface area contributed by atoms with E-state index in [-0.39, 0.29) is 0 Å². The lowest BCUT2D eigenvalue weighted by molar-refractivity contribution is 1.48. The molecule has 0 fully saturated rings. The van der Waals surface area contributed by atoms with E-state index in [4.69, 9.17) is 0 Å². The predicted octanol–water partition coefficient (Wildman–Crippen LogP) is 3.09. The van der Waals surface area contributed by atoms with Crippen molar-refractivity contribution in [2.24, 2.45) is 0 Å². The number of aryl methyl sites for hydroxylation is 1. The highest BCUT2D eigenvalue weighted by molar-refractivity contribution is 7.79. The molecule has 0 nitrogen and oxygen atoms in total. The van der Waals surface area contributed by atoms with Gasteiger partial charge in [0.15, 0.2) is 0 Å². The van der Waals surface area contributed by atoms with Crippen LogP contribution < -0.4 is 0 Å². The molecule has 11 heavy (non-hydrogen) atoms. The van der Waals surface area contributed by atoms with Crippen LogP contribution >= 0.6 is 25.3 Å². The van der Waals surface area contributed by atoms with Crippen molar-refractivity contribution in [2.75, 3.05) is 12.5 Å². The van der Waals surface area contributed by atoms with Gasteiger partial charge in [-0.15, -0.1) is 0 Å². The summed E-state index contributed by atoms with van der Waals surface area (Å²) in [5, 5.41) is 0. The molecule has 1 rings (SSSR count). The van der Waals surface area contributed by atoms with E-state index in [0.29, 0.717) is 0 Å². The zero-order chi connectivity index (χ0) is 9.11. The molecule has 2 heteroatoms. The molecule has 0 aromatic heterocycles. The number of hydrogen-bond donors (Lipinski definition) is 2. The molecule has 0 amide bonds. The predicted molar refractivity (Wildman–Crippen MR) is 61.0 cm³/mol. The minimum absolute atomic E-state index is 1.32. The van der Waals surface area contributed by atoms with Crippen LogP contribution in [0.1, 0.15) is 5.56 Å². The molecule has 0 saturated heterocycles. The van der Waals surface area contributed by atoms with Gasteiger partial charge in [0.2, 0.25) is 0 Å². The van der Waals surface area contributed by atoms with Crippen molar-refractivity contribution < 1.29 is 0 Å². The van der Waals surface area contributed by atoms with Crippen molar-refractivity contribution in [1.82, 2.24) is 0 Å². The lowest BCUT2D eigenvalue weighted by atomic mass is 10.2. The zero-order valence-corrected chi connectivity index (χ0v) is 9.07. The van der Waals surface area contributed by atoms with Gasteiger partial charge in [0.25, 0.3) is 0 Å². The van der Waals surface area contributed by atoms with Gasteiger partial charge in [-0.2, -0.15) is 25.3 Å². The first-order valence-corrected chi connectivity index (χ1v) is 5.09. The molecule has 0 spiro atoms. The van der Waals surface area contributed by atoms with E-state index in [1.54, 1.807) is 12.5 Å². The summed E-state index contributed by atoms with van der Waals surface area (Å²) in [6.45, 7) is 2.08. The highest BCUT2D eigenvalue weighted by Gasteiger charge is 1.72. The topological polar surface area (TPSA) is 0 Å². The summed E-state index contributed by atoms with van der Waals surface area (Å²) in [7, 11) is 0. The smallest absolute Gasteiger partial charge is 0.0215 e. The minimum atomic E-state index is 1.32. The molecule has 0 heterocycles. The molecular formula is C9H16S2. The van der Waals surface area contributed by atoms with Gasteiger partial charge in [0, 0.05) is 0 Å². The highest BCUT2D eigenvalue weighted by atomic mass is 32.1. The second-order valence-electron chi connectivity index (χ2n) is 1.65. The van der Waals surface area contributed by atoms with Gasteiger partial charge in [-0.1, -0.05) is 35.9 Å².